The van der Waals surface area contributed by atoms with Crippen molar-refractivity contribution in [3.05, 3.63) is 29.8 Å². The fourth-order valence-electron chi connectivity index (χ4n) is 1.37. The number of carboxylic acids is 1. The molecular formula is C13H16N2O5. The van der Waals surface area contributed by atoms with E-state index in [1.165, 1.54) is 12.1 Å². The van der Waals surface area contributed by atoms with Gasteiger partial charge in [-0.25, -0.2) is 9.59 Å². The van der Waals surface area contributed by atoms with Gasteiger partial charge in [-0.05, 0) is 26.0 Å². The summed E-state index contributed by atoms with van der Waals surface area (Å²) in [5.74, 6) is -1.75. The number of rotatable bonds is 5. The van der Waals surface area contributed by atoms with Crippen LogP contribution < -0.4 is 15.4 Å². The highest BCUT2D eigenvalue weighted by Crippen LogP contribution is 2.17. The van der Waals surface area contributed by atoms with Crippen molar-refractivity contribution in [2.24, 2.45) is 0 Å². The Kier molecular flexibility index (Phi) is 5.52. The van der Waals surface area contributed by atoms with Crippen molar-refractivity contribution >= 4 is 17.9 Å². The zero-order chi connectivity index (χ0) is 15.1. The lowest BCUT2D eigenvalue weighted by atomic mass is 10.2. The Morgan fingerprint density at radius 3 is 2.50 bits per heavy atom. The first-order chi connectivity index (χ1) is 9.40. The number of carbonyl (C=O) groups excluding carboxylic acids is 2. The number of aromatic carboxylic acids is 1. The Morgan fingerprint density at radius 1 is 1.25 bits per heavy atom. The van der Waals surface area contributed by atoms with Crippen LogP contribution in [0, 0.1) is 0 Å². The maximum atomic E-state index is 11.4. The highest BCUT2D eigenvalue weighted by Gasteiger charge is 2.13. The van der Waals surface area contributed by atoms with Crippen LogP contribution >= 0.6 is 0 Å². The van der Waals surface area contributed by atoms with Gasteiger partial charge in [0.1, 0.15) is 11.3 Å². The van der Waals surface area contributed by atoms with Crippen LogP contribution in [0.15, 0.2) is 24.3 Å². The molecule has 0 heterocycles. The molecule has 3 amide bonds. The maximum absolute atomic E-state index is 11.4. The second-order valence-corrected chi connectivity index (χ2v) is 4.27. The first kappa shape index (κ1) is 15.5. The molecule has 0 atom stereocenters. The van der Waals surface area contributed by atoms with E-state index < -0.39 is 24.5 Å². The molecule has 0 aliphatic rings. The largest absolute Gasteiger partial charge is 0.483 e. The smallest absolute Gasteiger partial charge is 0.339 e. The Balaban J connectivity index is 2.53. The zero-order valence-electron chi connectivity index (χ0n) is 11.2. The summed E-state index contributed by atoms with van der Waals surface area (Å²) >= 11 is 0. The lowest BCUT2D eigenvalue weighted by molar-refractivity contribution is -0.122. The third-order valence-electron chi connectivity index (χ3n) is 2.15. The van der Waals surface area contributed by atoms with Crippen molar-refractivity contribution in [3.63, 3.8) is 0 Å². The van der Waals surface area contributed by atoms with Gasteiger partial charge in [0, 0.05) is 6.04 Å². The zero-order valence-corrected chi connectivity index (χ0v) is 11.2. The lowest BCUT2D eigenvalue weighted by Crippen LogP contribution is -2.44. The second kappa shape index (κ2) is 7.13. The quantitative estimate of drug-likeness (QED) is 0.746. The molecule has 0 aliphatic heterocycles. The first-order valence-electron chi connectivity index (χ1n) is 5.95. The molecule has 7 nitrogen and oxygen atoms in total. The molecule has 0 bridgehead atoms. The molecule has 0 saturated carbocycles. The molecule has 3 N–H and O–H groups in total. The Bertz CT molecular complexity index is 513. The molecule has 0 aliphatic carbocycles. The fourth-order valence-corrected chi connectivity index (χ4v) is 1.37. The highest BCUT2D eigenvalue weighted by atomic mass is 16.5. The molecule has 1 aromatic carbocycles. The summed E-state index contributed by atoms with van der Waals surface area (Å²) in [6.45, 7) is 3.06. The van der Waals surface area contributed by atoms with Crippen molar-refractivity contribution in [1.82, 2.24) is 10.6 Å². The number of ether oxygens (including phenoxy) is 1. The van der Waals surface area contributed by atoms with Crippen LogP contribution in [0.25, 0.3) is 0 Å². The Morgan fingerprint density at radius 2 is 1.90 bits per heavy atom. The van der Waals surface area contributed by atoms with E-state index in [2.05, 4.69) is 10.6 Å². The van der Waals surface area contributed by atoms with Crippen LogP contribution in [-0.2, 0) is 4.79 Å². The van der Waals surface area contributed by atoms with E-state index in [-0.39, 0.29) is 17.4 Å². The van der Waals surface area contributed by atoms with Gasteiger partial charge in [0.25, 0.3) is 5.91 Å². The molecule has 0 spiro atoms. The standard InChI is InChI=1S/C13H16N2O5/c1-8(2)14-13(19)15-11(16)7-20-10-6-4-3-5-9(10)12(17)18/h3-6,8H,7H2,1-2H3,(H,17,18)(H2,14,15,16,19). The predicted octanol–water partition coefficient (Wildman–Crippen LogP) is 0.998. The SMILES string of the molecule is CC(C)NC(=O)NC(=O)COc1ccccc1C(=O)O. The number of hydrogen-bond donors (Lipinski definition) is 3. The van der Waals surface area contributed by atoms with E-state index >= 15 is 0 Å². The van der Waals surface area contributed by atoms with Crippen molar-refractivity contribution < 1.29 is 24.2 Å². The van der Waals surface area contributed by atoms with Gasteiger partial charge in [-0.3, -0.25) is 10.1 Å². The van der Waals surface area contributed by atoms with Crippen molar-refractivity contribution in [3.8, 4) is 5.75 Å². The minimum absolute atomic E-state index is 0.0491. The van der Waals surface area contributed by atoms with Crippen LogP contribution in [0.5, 0.6) is 5.75 Å². The molecule has 0 radical (unpaired) electrons. The third kappa shape index (κ3) is 4.97. The van der Waals surface area contributed by atoms with Gasteiger partial charge < -0.3 is 15.2 Å². The van der Waals surface area contributed by atoms with Gasteiger partial charge in [0.05, 0.1) is 0 Å². The molecule has 7 heteroatoms. The van der Waals surface area contributed by atoms with Gasteiger partial charge in [-0.1, -0.05) is 12.1 Å². The van der Waals surface area contributed by atoms with Crippen molar-refractivity contribution in [2.45, 2.75) is 19.9 Å². The Hall–Kier alpha value is -2.57. The first-order valence-corrected chi connectivity index (χ1v) is 5.95. The average Bonchev–Trinajstić information content (AvgIpc) is 2.35. The molecule has 0 aromatic heterocycles. The van der Waals surface area contributed by atoms with E-state index in [9.17, 15) is 14.4 Å². The van der Waals surface area contributed by atoms with E-state index in [0.29, 0.717) is 0 Å². The molecule has 20 heavy (non-hydrogen) atoms. The normalized spacial score (nSPS) is 9.95. The summed E-state index contributed by atoms with van der Waals surface area (Å²) in [6.07, 6.45) is 0. The van der Waals surface area contributed by atoms with Crippen molar-refractivity contribution in [2.75, 3.05) is 6.61 Å². The average molecular weight is 280 g/mol. The molecule has 0 saturated heterocycles. The lowest BCUT2D eigenvalue weighted by Gasteiger charge is -2.10. The Labute approximate surface area is 115 Å². The van der Waals surface area contributed by atoms with Gasteiger partial charge in [0.15, 0.2) is 6.61 Å². The van der Waals surface area contributed by atoms with Crippen LogP contribution in [-0.4, -0.2) is 35.7 Å². The van der Waals surface area contributed by atoms with Gasteiger partial charge in [-0.2, -0.15) is 0 Å². The molecule has 1 rings (SSSR count). The van der Waals surface area contributed by atoms with Gasteiger partial charge in [0.2, 0.25) is 0 Å². The number of nitrogens with one attached hydrogen (secondary N) is 2. The monoisotopic (exact) mass is 280 g/mol. The second-order valence-electron chi connectivity index (χ2n) is 4.27. The highest BCUT2D eigenvalue weighted by molar-refractivity contribution is 5.95. The van der Waals surface area contributed by atoms with Crippen LogP contribution in [0.2, 0.25) is 0 Å². The maximum Gasteiger partial charge on any atom is 0.339 e. The number of para-hydroxylation sites is 1. The number of benzene rings is 1. The summed E-state index contributed by atoms with van der Waals surface area (Å²) in [4.78, 5) is 33.6. The summed E-state index contributed by atoms with van der Waals surface area (Å²) in [5, 5.41) is 13.5. The molecule has 0 unspecified atom stereocenters. The number of carboxylic acid groups (broad SMARTS) is 1. The number of amides is 3. The van der Waals surface area contributed by atoms with Crippen molar-refractivity contribution in [1.29, 1.82) is 0 Å². The van der Waals surface area contributed by atoms with E-state index in [1.54, 1.807) is 26.0 Å². The van der Waals surface area contributed by atoms with E-state index in [1.807, 2.05) is 0 Å². The number of imide groups is 1. The minimum atomic E-state index is -1.15. The molecular weight excluding hydrogens is 264 g/mol. The minimum Gasteiger partial charge on any atom is -0.483 e. The third-order valence-corrected chi connectivity index (χ3v) is 2.15. The van der Waals surface area contributed by atoms with Crippen LogP contribution in [0.3, 0.4) is 0 Å². The number of hydrogen-bond acceptors (Lipinski definition) is 4. The summed E-state index contributed by atoms with van der Waals surface area (Å²) in [5.41, 5.74) is -0.0491. The van der Waals surface area contributed by atoms with Gasteiger partial charge in [-0.15, -0.1) is 0 Å². The number of urea groups is 1. The van der Waals surface area contributed by atoms with Crippen LogP contribution in [0.4, 0.5) is 4.79 Å². The fraction of sp³-hybridized carbons (Fsp3) is 0.308. The van der Waals surface area contributed by atoms with E-state index in [4.69, 9.17) is 9.84 Å². The summed E-state index contributed by atoms with van der Waals surface area (Å²) in [6, 6.07) is 5.21. The molecule has 1 aromatic rings. The van der Waals surface area contributed by atoms with Crippen LogP contribution in [0.1, 0.15) is 24.2 Å². The number of carbonyl (C=O) groups is 3. The molecule has 108 valence electrons. The summed E-state index contributed by atoms with van der Waals surface area (Å²) in [7, 11) is 0. The topological polar surface area (TPSA) is 105 Å². The molecule has 0 fully saturated rings. The summed E-state index contributed by atoms with van der Waals surface area (Å²) < 4.78 is 5.09. The van der Waals surface area contributed by atoms with Gasteiger partial charge >= 0.3 is 12.0 Å². The van der Waals surface area contributed by atoms with E-state index in [0.717, 1.165) is 0 Å². The predicted molar refractivity (Wildman–Crippen MR) is 70.7 cm³/mol.